The molecule has 0 saturated carbocycles. The molecule has 7 heteroatoms. The van der Waals surface area contributed by atoms with E-state index in [2.05, 4.69) is 37.6 Å². The zero-order valence-corrected chi connectivity index (χ0v) is 19.2. The number of benzene rings is 2. The van der Waals surface area contributed by atoms with Crippen LogP contribution in [0.25, 0.3) is 0 Å². The lowest BCUT2D eigenvalue weighted by atomic mass is 9.86. The quantitative estimate of drug-likeness (QED) is 0.726. The summed E-state index contributed by atoms with van der Waals surface area (Å²) in [4.78, 5) is 5.61. The first-order valence-corrected chi connectivity index (χ1v) is 11.7. The van der Waals surface area contributed by atoms with Crippen LogP contribution in [0.5, 0.6) is 5.75 Å². The lowest BCUT2D eigenvalue weighted by molar-refractivity contribution is -0.110. The van der Waals surface area contributed by atoms with Crippen LogP contribution in [0.3, 0.4) is 0 Å². The van der Waals surface area contributed by atoms with Crippen molar-refractivity contribution in [3.63, 3.8) is 0 Å². The molecule has 1 N–H and O–H groups in total. The van der Waals surface area contributed by atoms with E-state index in [1.54, 1.807) is 19.2 Å². The Hall–Kier alpha value is -1.93. The highest BCUT2D eigenvalue weighted by Gasteiger charge is 2.43. The molecule has 1 aliphatic rings. The standard InChI is InChI=1S/C23H32N2O4S/c1-23(2,3)19-12-10-18(11-13-19)22-21(16-29-25(22)4)30(26,27)24-15-14-17-8-6-7-9-20(17)28-5/h6-13,21-22,24H,14-16H2,1-5H3/t21-,22-/m0/s1. The number of methoxy groups -OCH3 is 1. The number of ether oxygens (including phenoxy) is 1. The molecule has 1 aliphatic heterocycles. The van der Waals surface area contributed by atoms with Crippen LogP contribution in [-0.2, 0) is 26.7 Å². The number of hydrogen-bond acceptors (Lipinski definition) is 5. The Balaban J connectivity index is 1.72. The summed E-state index contributed by atoms with van der Waals surface area (Å²) in [5.74, 6) is 0.762. The summed E-state index contributed by atoms with van der Waals surface area (Å²) in [6, 6.07) is 15.4. The maximum absolute atomic E-state index is 13.1. The molecular weight excluding hydrogens is 400 g/mol. The normalized spacial score (nSPS) is 20.4. The molecule has 0 amide bonds. The lowest BCUT2D eigenvalue weighted by Gasteiger charge is -2.25. The van der Waals surface area contributed by atoms with Crippen molar-refractivity contribution in [2.75, 3.05) is 27.3 Å². The van der Waals surface area contributed by atoms with E-state index in [1.807, 2.05) is 36.4 Å². The molecular formula is C23H32N2O4S. The lowest BCUT2D eigenvalue weighted by Crippen LogP contribution is -2.40. The second kappa shape index (κ2) is 9.06. The third-order valence-corrected chi connectivity index (χ3v) is 7.39. The Kier molecular flexibility index (Phi) is 6.87. The Bertz CT molecular complexity index is 952. The summed E-state index contributed by atoms with van der Waals surface area (Å²) in [5, 5.41) is 0.969. The second-order valence-electron chi connectivity index (χ2n) is 8.70. The van der Waals surface area contributed by atoms with Gasteiger partial charge in [-0.2, -0.15) is 5.06 Å². The zero-order valence-electron chi connectivity index (χ0n) is 18.4. The van der Waals surface area contributed by atoms with Crippen LogP contribution < -0.4 is 9.46 Å². The van der Waals surface area contributed by atoms with Crippen LogP contribution in [0.4, 0.5) is 0 Å². The summed E-state index contributed by atoms with van der Waals surface area (Å²) in [5.41, 5.74) is 3.16. The third-order valence-electron chi connectivity index (χ3n) is 5.59. The van der Waals surface area contributed by atoms with Crippen LogP contribution in [0.15, 0.2) is 48.5 Å². The second-order valence-corrected chi connectivity index (χ2v) is 10.7. The van der Waals surface area contributed by atoms with Crippen LogP contribution in [-0.4, -0.2) is 46.0 Å². The van der Waals surface area contributed by atoms with Crippen LogP contribution in [0.2, 0.25) is 0 Å². The fourth-order valence-electron chi connectivity index (χ4n) is 3.81. The molecule has 0 unspecified atom stereocenters. The molecule has 1 saturated heterocycles. The van der Waals surface area contributed by atoms with Gasteiger partial charge in [-0.05, 0) is 34.6 Å². The highest BCUT2D eigenvalue weighted by atomic mass is 32.2. The molecule has 0 spiro atoms. The van der Waals surface area contributed by atoms with Crippen molar-refractivity contribution in [1.29, 1.82) is 0 Å². The minimum absolute atomic E-state index is 0.0438. The fraction of sp³-hybridized carbons (Fsp3) is 0.478. The average molecular weight is 433 g/mol. The van der Waals surface area contributed by atoms with E-state index in [9.17, 15) is 8.42 Å². The van der Waals surface area contributed by atoms with Crippen molar-refractivity contribution in [3.05, 3.63) is 65.2 Å². The van der Waals surface area contributed by atoms with Crippen molar-refractivity contribution in [2.24, 2.45) is 0 Å². The number of nitrogens with zero attached hydrogens (tertiary/aromatic N) is 1. The SMILES string of the molecule is COc1ccccc1CCNS(=O)(=O)[C@H]1CON(C)[C@H]1c1ccc(C(C)(C)C)cc1. The molecule has 2 aromatic rings. The van der Waals surface area contributed by atoms with E-state index in [0.717, 1.165) is 16.9 Å². The van der Waals surface area contributed by atoms with Gasteiger partial charge in [-0.1, -0.05) is 63.2 Å². The van der Waals surface area contributed by atoms with E-state index in [1.165, 1.54) is 5.56 Å². The van der Waals surface area contributed by atoms with Crippen molar-refractivity contribution in [1.82, 2.24) is 9.79 Å². The molecule has 0 radical (unpaired) electrons. The molecule has 3 rings (SSSR count). The van der Waals surface area contributed by atoms with E-state index in [-0.39, 0.29) is 18.1 Å². The molecule has 0 aliphatic carbocycles. The van der Waals surface area contributed by atoms with Gasteiger partial charge in [0.2, 0.25) is 10.0 Å². The van der Waals surface area contributed by atoms with Crippen molar-refractivity contribution in [3.8, 4) is 5.75 Å². The van der Waals surface area contributed by atoms with Gasteiger partial charge in [0.1, 0.15) is 11.0 Å². The predicted molar refractivity (Wildman–Crippen MR) is 119 cm³/mol. The van der Waals surface area contributed by atoms with Gasteiger partial charge in [0.05, 0.1) is 19.8 Å². The van der Waals surface area contributed by atoms with Crippen LogP contribution in [0, 0.1) is 0 Å². The monoisotopic (exact) mass is 432 g/mol. The smallest absolute Gasteiger partial charge is 0.218 e. The van der Waals surface area contributed by atoms with E-state index < -0.39 is 15.3 Å². The Morgan fingerprint density at radius 3 is 2.43 bits per heavy atom. The molecule has 0 bridgehead atoms. The van der Waals surface area contributed by atoms with Gasteiger partial charge in [0, 0.05) is 13.6 Å². The summed E-state index contributed by atoms with van der Waals surface area (Å²) in [6.45, 7) is 6.91. The minimum atomic E-state index is -3.58. The third kappa shape index (κ3) is 5.03. The molecule has 30 heavy (non-hydrogen) atoms. The van der Waals surface area contributed by atoms with E-state index >= 15 is 0 Å². The van der Waals surface area contributed by atoms with Gasteiger partial charge in [-0.15, -0.1) is 0 Å². The first-order chi connectivity index (χ1) is 14.1. The highest BCUT2D eigenvalue weighted by molar-refractivity contribution is 7.90. The summed E-state index contributed by atoms with van der Waals surface area (Å²) >= 11 is 0. The maximum atomic E-state index is 13.1. The van der Waals surface area contributed by atoms with E-state index in [4.69, 9.17) is 9.57 Å². The summed E-state index contributed by atoms with van der Waals surface area (Å²) in [6.07, 6.45) is 0.553. The van der Waals surface area contributed by atoms with Gasteiger partial charge in [-0.25, -0.2) is 13.1 Å². The number of nitrogens with one attached hydrogen (secondary N) is 1. The summed E-state index contributed by atoms with van der Waals surface area (Å²) in [7, 11) is -0.176. The molecule has 1 fully saturated rings. The number of para-hydroxylation sites is 1. The highest BCUT2D eigenvalue weighted by Crippen LogP contribution is 2.34. The topological polar surface area (TPSA) is 67.9 Å². The first kappa shape index (κ1) is 22.7. The van der Waals surface area contributed by atoms with E-state index in [0.29, 0.717) is 13.0 Å². The van der Waals surface area contributed by atoms with Crippen molar-refractivity contribution in [2.45, 2.75) is 43.9 Å². The van der Waals surface area contributed by atoms with Crippen LogP contribution >= 0.6 is 0 Å². The molecule has 6 nitrogen and oxygen atoms in total. The number of hydrogen-bond donors (Lipinski definition) is 1. The molecule has 0 aromatic heterocycles. The fourth-order valence-corrected chi connectivity index (χ4v) is 5.31. The molecule has 164 valence electrons. The van der Waals surface area contributed by atoms with Crippen molar-refractivity contribution >= 4 is 10.0 Å². The maximum Gasteiger partial charge on any atom is 0.218 e. The van der Waals surface area contributed by atoms with Gasteiger partial charge >= 0.3 is 0 Å². The van der Waals surface area contributed by atoms with Gasteiger partial charge in [0.25, 0.3) is 0 Å². The number of rotatable bonds is 7. The zero-order chi connectivity index (χ0) is 21.9. The largest absolute Gasteiger partial charge is 0.496 e. The minimum Gasteiger partial charge on any atom is -0.496 e. The molecule has 1 heterocycles. The number of sulfonamides is 1. The predicted octanol–water partition coefficient (Wildman–Crippen LogP) is 3.44. The van der Waals surface area contributed by atoms with Gasteiger partial charge in [0.15, 0.2) is 0 Å². The first-order valence-electron chi connectivity index (χ1n) is 10.2. The Morgan fingerprint density at radius 2 is 1.80 bits per heavy atom. The van der Waals surface area contributed by atoms with Crippen LogP contribution in [0.1, 0.15) is 43.5 Å². The number of hydroxylamine groups is 2. The Labute approximate surface area is 180 Å². The van der Waals surface area contributed by atoms with Crippen molar-refractivity contribution < 1.29 is 18.0 Å². The average Bonchev–Trinajstić information content (AvgIpc) is 3.10. The van der Waals surface area contributed by atoms with Gasteiger partial charge in [-0.3, -0.25) is 4.84 Å². The van der Waals surface area contributed by atoms with Gasteiger partial charge < -0.3 is 4.74 Å². The molecule has 2 aromatic carbocycles. The Morgan fingerprint density at radius 1 is 1.13 bits per heavy atom. The summed E-state index contributed by atoms with van der Waals surface area (Å²) < 4.78 is 34.3. The molecule has 2 atom stereocenters.